The first-order valence-corrected chi connectivity index (χ1v) is 11.5. The summed E-state index contributed by atoms with van der Waals surface area (Å²) >= 11 is 3.21. The zero-order valence-corrected chi connectivity index (χ0v) is 21.5. The number of carbonyl (C=O) groups excluding carboxylic acids is 5. The van der Waals surface area contributed by atoms with Gasteiger partial charge in [-0.2, -0.15) is 0 Å². The number of alkyl halides is 1. The Morgan fingerprint density at radius 2 is 1.35 bits per heavy atom. The summed E-state index contributed by atoms with van der Waals surface area (Å²) in [5, 5.41) is 0. The Kier molecular flexibility index (Phi) is 12.6. The smallest absolute Gasteiger partial charge is 0.303 e. The van der Waals surface area contributed by atoms with Gasteiger partial charge in [0, 0.05) is 34.3 Å². The number of hydrogen-bond donors (Lipinski definition) is 0. The van der Waals surface area contributed by atoms with E-state index in [9.17, 15) is 24.0 Å². The lowest BCUT2D eigenvalue weighted by atomic mass is 9.98. The van der Waals surface area contributed by atoms with Crippen molar-refractivity contribution >= 4 is 45.6 Å². The van der Waals surface area contributed by atoms with Crippen LogP contribution in [-0.4, -0.2) is 84.7 Å². The van der Waals surface area contributed by atoms with Crippen LogP contribution in [0, 0.1) is 0 Å². The van der Waals surface area contributed by atoms with Gasteiger partial charge in [0.15, 0.2) is 24.6 Å². The van der Waals surface area contributed by atoms with E-state index in [1.54, 1.807) is 0 Å². The average molecular weight is 555 g/mol. The Bertz CT molecular complexity index is 741. The second-order valence-electron chi connectivity index (χ2n) is 7.46. The van der Waals surface area contributed by atoms with Crippen LogP contribution >= 0.6 is 15.9 Å². The van der Waals surface area contributed by atoms with E-state index in [0.717, 1.165) is 20.8 Å². The number of ether oxygens (including phenoxy) is 7. The molecular weight excluding hydrogens is 524 g/mol. The maximum Gasteiger partial charge on any atom is 0.303 e. The molecular formula is C21H31BrO12. The number of carbonyl (C=O) groups is 5. The van der Waals surface area contributed by atoms with Crippen molar-refractivity contribution in [3.63, 3.8) is 0 Å². The largest absolute Gasteiger partial charge is 0.463 e. The fraction of sp³-hybridized carbons (Fsp3) is 0.762. The van der Waals surface area contributed by atoms with Crippen LogP contribution in [0.15, 0.2) is 0 Å². The van der Waals surface area contributed by atoms with Crippen molar-refractivity contribution in [2.45, 2.75) is 89.8 Å². The third-order valence-corrected chi connectivity index (χ3v) is 5.41. The predicted octanol–water partition coefficient (Wildman–Crippen LogP) is 1.19. The molecule has 34 heavy (non-hydrogen) atoms. The van der Waals surface area contributed by atoms with Gasteiger partial charge in [0.1, 0.15) is 23.3 Å². The molecule has 1 saturated heterocycles. The zero-order chi connectivity index (χ0) is 26.0. The van der Waals surface area contributed by atoms with E-state index in [4.69, 9.17) is 33.2 Å². The van der Waals surface area contributed by atoms with Crippen LogP contribution in [0.1, 0.15) is 48.0 Å². The highest BCUT2D eigenvalue weighted by Gasteiger charge is 2.53. The van der Waals surface area contributed by atoms with E-state index in [2.05, 4.69) is 15.9 Å². The maximum atomic E-state index is 12.0. The molecule has 0 unspecified atom stereocenters. The Hall–Kier alpha value is -2.09. The minimum atomic E-state index is -1.46. The molecule has 0 saturated carbocycles. The molecule has 0 radical (unpaired) electrons. The first kappa shape index (κ1) is 29.9. The van der Waals surface area contributed by atoms with Gasteiger partial charge in [0.2, 0.25) is 6.29 Å². The van der Waals surface area contributed by atoms with Gasteiger partial charge in [0.25, 0.3) is 0 Å². The zero-order valence-electron chi connectivity index (χ0n) is 19.9. The summed E-state index contributed by atoms with van der Waals surface area (Å²) < 4.78 is 38.3. The quantitative estimate of drug-likeness (QED) is 0.147. The van der Waals surface area contributed by atoms with Crippen molar-refractivity contribution in [2.75, 3.05) is 13.2 Å². The Morgan fingerprint density at radius 3 is 1.82 bits per heavy atom. The van der Waals surface area contributed by atoms with Crippen molar-refractivity contribution in [1.82, 2.24) is 0 Å². The van der Waals surface area contributed by atoms with Crippen molar-refractivity contribution in [3.8, 4) is 0 Å². The highest BCUT2D eigenvalue weighted by molar-refractivity contribution is 9.10. The number of esters is 4. The Morgan fingerprint density at radius 1 is 0.824 bits per heavy atom. The van der Waals surface area contributed by atoms with Gasteiger partial charge in [-0.1, -0.05) is 22.9 Å². The van der Waals surface area contributed by atoms with Crippen LogP contribution in [0.25, 0.3) is 0 Å². The molecule has 1 aliphatic rings. The summed E-state index contributed by atoms with van der Waals surface area (Å²) in [6, 6.07) is 0. The topological polar surface area (TPSA) is 150 Å². The molecule has 13 heteroatoms. The van der Waals surface area contributed by atoms with Crippen molar-refractivity contribution in [1.29, 1.82) is 0 Å². The molecule has 12 nitrogen and oxygen atoms in total. The molecule has 0 bridgehead atoms. The molecule has 1 aliphatic heterocycles. The van der Waals surface area contributed by atoms with Gasteiger partial charge >= 0.3 is 23.9 Å². The molecule has 1 fully saturated rings. The fourth-order valence-corrected chi connectivity index (χ4v) is 3.33. The van der Waals surface area contributed by atoms with E-state index in [1.165, 1.54) is 13.8 Å². The molecule has 7 atom stereocenters. The average Bonchev–Trinajstić information content (AvgIpc) is 2.71. The molecule has 0 N–H and O–H groups in total. The summed E-state index contributed by atoms with van der Waals surface area (Å²) in [6.45, 7) is 7.50. The third kappa shape index (κ3) is 9.65. The number of rotatable bonds is 12. The van der Waals surface area contributed by atoms with Gasteiger partial charge in [0.05, 0.1) is 0 Å². The van der Waals surface area contributed by atoms with Crippen LogP contribution in [0.2, 0.25) is 0 Å². The predicted molar refractivity (Wildman–Crippen MR) is 116 cm³/mol. The second kappa shape index (κ2) is 14.3. The number of hydrogen-bond acceptors (Lipinski definition) is 12. The molecule has 0 aromatic carbocycles. The van der Waals surface area contributed by atoms with Crippen LogP contribution in [0.5, 0.6) is 0 Å². The number of halogens is 1. The Labute approximate surface area is 206 Å². The number of Topliss-reactive ketones (excluding diaryl/α,β-unsaturated/α-hetero) is 1. The molecule has 1 rings (SSSR count). The minimum absolute atomic E-state index is 0.228. The summed E-state index contributed by atoms with van der Waals surface area (Å²) in [7, 11) is 0. The van der Waals surface area contributed by atoms with E-state index >= 15 is 0 Å². The lowest BCUT2D eigenvalue weighted by Crippen LogP contribution is -2.63. The van der Waals surface area contributed by atoms with Crippen LogP contribution in [0.4, 0.5) is 0 Å². The van der Waals surface area contributed by atoms with Crippen LogP contribution < -0.4 is 0 Å². The van der Waals surface area contributed by atoms with E-state index in [-0.39, 0.29) is 12.4 Å². The molecule has 0 aliphatic carbocycles. The summed E-state index contributed by atoms with van der Waals surface area (Å²) in [6.07, 6.45) is -7.32. The Balaban J connectivity index is 3.43. The lowest BCUT2D eigenvalue weighted by molar-refractivity contribution is -0.338. The van der Waals surface area contributed by atoms with Gasteiger partial charge in [-0.3, -0.25) is 24.0 Å². The van der Waals surface area contributed by atoms with Gasteiger partial charge in [-0.05, 0) is 13.3 Å². The second-order valence-corrected chi connectivity index (χ2v) is 8.44. The fourth-order valence-electron chi connectivity index (χ4n) is 3.05. The van der Waals surface area contributed by atoms with E-state index in [1.807, 2.05) is 6.92 Å². The van der Waals surface area contributed by atoms with E-state index in [0.29, 0.717) is 6.42 Å². The molecule has 0 amide bonds. The van der Waals surface area contributed by atoms with Gasteiger partial charge in [-0.25, -0.2) is 0 Å². The SMILES string of the molecule is CCCO[C@H](O[C@@H]1O[C@H](COC(C)=O)[C@@H](OC(C)=O)[C@H](OC(C)=O)[C@H]1OC(C)=O)[C@@H](Br)C(C)=O. The molecule has 0 aromatic heterocycles. The van der Waals surface area contributed by atoms with Crippen molar-refractivity contribution in [3.05, 3.63) is 0 Å². The van der Waals surface area contributed by atoms with Crippen LogP contribution in [0.3, 0.4) is 0 Å². The van der Waals surface area contributed by atoms with Gasteiger partial charge < -0.3 is 33.2 Å². The molecule has 1 heterocycles. The molecule has 0 spiro atoms. The standard InChI is InChI=1S/C21H31BrO12/c1-7-8-28-20(16(22)10(2)23)34-21-19(32-14(6)27)18(31-13(5)26)17(30-12(4)25)15(33-21)9-29-11(3)24/h15-21H,7-9H2,1-6H3/t15-,16+,17-,18+,19-,20-,21+/m1/s1. The summed E-state index contributed by atoms with van der Waals surface area (Å²) in [5.41, 5.74) is 0. The number of ketones is 1. The molecule has 0 aromatic rings. The first-order chi connectivity index (χ1) is 15.9. The van der Waals surface area contributed by atoms with Crippen molar-refractivity contribution in [2.24, 2.45) is 0 Å². The lowest BCUT2D eigenvalue weighted by Gasteiger charge is -2.44. The van der Waals surface area contributed by atoms with E-state index < -0.39 is 72.3 Å². The monoisotopic (exact) mass is 554 g/mol. The maximum absolute atomic E-state index is 12.0. The van der Waals surface area contributed by atoms with Crippen LogP contribution in [-0.2, 0) is 57.1 Å². The first-order valence-electron chi connectivity index (χ1n) is 10.6. The minimum Gasteiger partial charge on any atom is -0.463 e. The summed E-state index contributed by atoms with van der Waals surface area (Å²) in [4.78, 5) is 57.9. The summed E-state index contributed by atoms with van der Waals surface area (Å²) in [5.74, 6) is -3.25. The van der Waals surface area contributed by atoms with Gasteiger partial charge in [-0.15, -0.1) is 0 Å². The highest BCUT2D eigenvalue weighted by atomic mass is 79.9. The van der Waals surface area contributed by atoms with Crippen molar-refractivity contribution < 1.29 is 57.1 Å². The normalized spacial score (nSPS) is 26.0. The third-order valence-electron chi connectivity index (χ3n) is 4.33. The highest BCUT2D eigenvalue weighted by Crippen LogP contribution is 2.31. The molecule has 194 valence electrons.